The Kier molecular flexibility index (Phi) is 6.80. The third-order valence-corrected chi connectivity index (χ3v) is 4.85. The molecule has 0 aromatic heterocycles. The molecular formula is C22H15F3N4O6. The fourth-order valence-electron chi connectivity index (χ4n) is 3.05. The highest BCUT2D eigenvalue weighted by atomic mass is 19.4. The number of nitrogens with zero attached hydrogens (tertiary/aromatic N) is 2. The minimum atomic E-state index is -4.95. The average Bonchev–Trinajstić information content (AvgIpc) is 2.79. The predicted octanol–water partition coefficient (Wildman–Crippen LogP) is 5.33. The third kappa shape index (κ3) is 5.76. The van der Waals surface area contributed by atoms with Crippen LogP contribution in [0.3, 0.4) is 0 Å². The summed E-state index contributed by atoms with van der Waals surface area (Å²) in [6.07, 6.45) is -4.95. The first-order chi connectivity index (χ1) is 16.4. The molecule has 35 heavy (non-hydrogen) atoms. The Morgan fingerprint density at radius 2 is 1.17 bits per heavy atom. The summed E-state index contributed by atoms with van der Waals surface area (Å²) in [7, 11) is 0. The Hall–Kier alpha value is -4.81. The molecule has 0 atom stereocenters. The number of anilines is 2. The summed E-state index contributed by atoms with van der Waals surface area (Å²) in [5, 5.41) is 26.3. The average molecular weight is 488 g/mol. The van der Waals surface area contributed by atoms with Crippen LogP contribution in [0, 0.1) is 27.2 Å². The lowest BCUT2D eigenvalue weighted by atomic mass is 10.1. The molecule has 2 amide bonds. The molecule has 13 heteroatoms. The Morgan fingerprint density at radius 3 is 1.60 bits per heavy atom. The number of nitro groups is 2. The van der Waals surface area contributed by atoms with Gasteiger partial charge in [0.15, 0.2) is 0 Å². The molecule has 0 fully saturated rings. The van der Waals surface area contributed by atoms with Crippen molar-refractivity contribution in [3.05, 3.63) is 103 Å². The minimum absolute atomic E-state index is 0.0699. The summed E-state index contributed by atoms with van der Waals surface area (Å²) >= 11 is 0. The topological polar surface area (TPSA) is 144 Å². The van der Waals surface area contributed by atoms with Crippen LogP contribution < -0.4 is 10.6 Å². The van der Waals surface area contributed by atoms with Crippen molar-refractivity contribution in [2.75, 3.05) is 10.6 Å². The maximum Gasteiger partial charge on any atom is 0.418 e. The van der Waals surface area contributed by atoms with Gasteiger partial charge in [0.25, 0.3) is 23.2 Å². The Balaban J connectivity index is 1.76. The van der Waals surface area contributed by atoms with Gasteiger partial charge in [-0.15, -0.1) is 0 Å². The van der Waals surface area contributed by atoms with Gasteiger partial charge in [-0.2, -0.15) is 13.2 Å². The molecule has 0 aliphatic heterocycles. The van der Waals surface area contributed by atoms with Crippen LogP contribution in [0.25, 0.3) is 0 Å². The van der Waals surface area contributed by atoms with Crippen LogP contribution in [0.1, 0.15) is 31.8 Å². The van der Waals surface area contributed by atoms with E-state index in [1.165, 1.54) is 42.5 Å². The molecule has 3 aromatic rings. The normalized spacial score (nSPS) is 11.0. The smallest absolute Gasteiger partial charge is 0.322 e. The number of hydrogen-bond donors (Lipinski definition) is 2. The fourth-order valence-corrected chi connectivity index (χ4v) is 3.05. The lowest BCUT2D eigenvalue weighted by Crippen LogP contribution is -2.17. The number of nitrogens with one attached hydrogen (secondary N) is 2. The lowest BCUT2D eigenvalue weighted by molar-refractivity contribution is -0.385. The highest BCUT2D eigenvalue weighted by molar-refractivity contribution is 6.07. The zero-order valence-corrected chi connectivity index (χ0v) is 17.8. The van der Waals surface area contributed by atoms with E-state index in [1.807, 2.05) is 0 Å². The van der Waals surface area contributed by atoms with Crippen molar-refractivity contribution in [1.82, 2.24) is 0 Å². The number of nitro benzene ring substituents is 2. The molecule has 0 heterocycles. The van der Waals surface area contributed by atoms with E-state index in [1.54, 1.807) is 6.92 Å². The van der Waals surface area contributed by atoms with E-state index in [0.29, 0.717) is 17.3 Å². The molecule has 3 rings (SSSR count). The van der Waals surface area contributed by atoms with E-state index in [4.69, 9.17) is 0 Å². The van der Waals surface area contributed by atoms with Gasteiger partial charge in [0.05, 0.1) is 21.1 Å². The summed E-state index contributed by atoms with van der Waals surface area (Å²) in [4.78, 5) is 45.0. The first-order valence-electron chi connectivity index (χ1n) is 9.70. The second kappa shape index (κ2) is 9.59. The molecule has 2 N–H and O–H groups in total. The van der Waals surface area contributed by atoms with Gasteiger partial charge in [-0.05, 0) is 48.9 Å². The minimum Gasteiger partial charge on any atom is -0.322 e. The number of non-ortho nitro benzene ring substituents is 2. The zero-order valence-electron chi connectivity index (χ0n) is 17.8. The number of carbonyl (C=O) groups is 2. The SMILES string of the molecule is Cc1cc([N+](=O)[O-])ccc1NC(=O)c1ccc(C(=O)Nc2ccc([N+](=O)[O-])cc2C(F)(F)F)cc1. The van der Waals surface area contributed by atoms with E-state index in [-0.39, 0.29) is 16.8 Å². The molecule has 0 saturated carbocycles. The molecule has 3 aromatic carbocycles. The summed E-state index contributed by atoms with van der Waals surface area (Å²) in [5.41, 5.74) is -2.14. The number of aryl methyl sites for hydroxylation is 1. The first-order valence-corrected chi connectivity index (χ1v) is 9.70. The van der Waals surface area contributed by atoms with Gasteiger partial charge < -0.3 is 10.6 Å². The lowest BCUT2D eigenvalue weighted by Gasteiger charge is -2.14. The molecule has 0 bridgehead atoms. The maximum absolute atomic E-state index is 13.3. The largest absolute Gasteiger partial charge is 0.418 e. The van der Waals surface area contributed by atoms with Gasteiger partial charge in [0.1, 0.15) is 0 Å². The van der Waals surface area contributed by atoms with Gasteiger partial charge in [-0.3, -0.25) is 29.8 Å². The number of hydrogen-bond acceptors (Lipinski definition) is 6. The molecule has 0 aliphatic rings. The third-order valence-electron chi connectivity index (χ3n) is 4.85. The summed E-state index contributed by atoms with van der Waals surface area (Å²) < 4.78 is 39.9. The molecule has 0 spiro atoms. The van der Waals surface area contributed by atoms with Crippen LogP contribution in [-0.4, -0.2) is 21.7 Å². The van der Waals surface area contributed by atoms with Gasteiger partial charge >= 0.3 is 6.18 Å². The van der Waals surface area contributed by atoms with Gasteiger partial charge in [0.2, 0.25) is 0 Å². The highest BCUT2D eigenvalue weighted by Gasteiger charge is 2.35. The van der Waals surface area contributed by atoms with E-state index < -0.39 is 44.8 Å². The zero-order chi connectivity index (χ0) is 25.9. The van der Waals surface area contributed by atoms with Gasteiger partial charge in [0, 0.05) is 41.1 Å². The maximum atomic E-state index is 13.3. The van der Waals surface area contributed by atoms with Crippen LogP contribution in [0.5, 0.6) is 0 Å². The molecule has 180 valence electrons. The van der Waals surface area contributed by atoms with Crippen molar-refractivity contribution in [2.24, 2.45) is 0 Å². The number of halogens is 3. The van der Waals surface area contributed by atoms with Crippen molar-refractivity contribution < 1.29 is 32.6 Å². The standard InChI is InChI=1S/C22H15F3N4O6/c1-12-10-15(28(32)33)6-8-18(12)26-20(30)13-2-4-14(5-3-13)21(31)27-19-9-7-16(29(34)35)11-17(19)22(23,24)25/h2-11H,1H3,(H,26,30)(H,27,31). The summed E-state index contributed by atoms with van der Waals surface area (Å²) in [6.45, 7) is 1.57. The van der Waals surface area contributed by atoms with Gasteiger partial charge in [-0.25, -0.2) is 0 Å². The monoisotopic (exact) mass is 488 g/mol. The fraction of sp³-hybridized carbons (Fsp3) is 0.0909. The van der Waals surface area contributed by atoms with E-state index in [2.05, 4.69) is 10.6 Å². The predicted molar refractivity (Wildman–Crippen MR) is 118 cm³/mol. The van der Waals surface area contributed by atoms with Gasteiger partial charge in [-0.1, -0.05) is 0 Å². The van der Waals surface area contributed by atoms with Crippen molar-refractivity contribution >= 4 is 34.6 Å². The second-order valence-electron chi connectivity index (χ2n) is 7.23. The number of amides is 2. The van der Waals surface area contributed by atoms with Crippen LogP contribution in [0.4, 0.5) is 35.9 Å². The molecule has 0 aliphatic carbocycles. The molecular weight excluding hydrogens is 473 g/mol. The molecule has 0 unspecified atom stereocenters. The number of alkyl halides is 3. The quantitative estimate of drug-likeness (QED) is 0.354. The van der Waals surface area contributed by atoms with E-state index >= 15 is 0 Å². The van der Waals surface area contributed by atoms with Crippen molar-refractivity contribution in [3.8, 4) is 0 Å². The Morgan fingerprint density at radius 1 is 0.743 bits per heavy atom. The Bertz CT molecular complexity index is 1340. The van der Waals surface area contributed by atoms with Crippen LogP contribution >= 0.6 is 0 Å². The number of carbonyl (C=O) groups excluding carboxylic acids is 2. The Labute approximate surface area is 194 Å². The van der Waals surface area contributed by atoms with Crippen LogP contribution in [0.15, 0.2) is 60.7 Å². The van der Waals surface area contributed by atoms with Crippen molar-refractivity contribution in [3.63, 3.8) is 0 Å². The summed E-state index contributed by atoms with van der Waals surface area (Å²) in [6, 6.07) is 10.8. The van der Waals surface area contributed by atoms with Crippen molar-refractivity contribution in [1.29, 1.82) is 0 Å². The summed E-state index contributed by atoms with van der Waals surface area (Å²) in [5.74, 6) is -1.51. The highest BCUT2D eigenvalue weighted by Crippen LogP contribution is 2.37. The van der Waals surface area contributed by atoms with E-state index in [9.17, 15) is 43.0 Å². The van der Waals surface area contributed by atoms with E-state index in [0.717, 1.165) is 12.1 Å². The van der Waals surface area contributed by atoms with Crippen molar-refractivity contribution in [2.45, 2.75) is 13.1 Å². The number of rotatable bonds is 6. The molecule has 10 nitrogen and oxygen atoms in total. The molecule has 0 saturated heterocycles. The van der Waals surface area contributed by atoms with Crippen LogP contribution in [0.2, 0.25) is 0 Å². The second-order valence-corrected chi connectivity index (χ2v) is 7.23. The molecule has 0 radical (unpaired) electrons. The first kappa shape index (κ1) is 24.8. The van der Waals surface area contributed by atoms with Crippen LogP contribution in [-0.2, 0) is 6.18 Å². The number of benzene rings is 3.